The van der Waals surface area contributed by atoms with Crippen molar-refractivity contribution in [3.05, 3.63) is 30.1 Å². The van der Waals surface area contributed by atoms with E-state index in [2.05, 4.69) is 4.98 Å². The normalized spacial score (nSPS) is 25.9. The first-order valence-electron chi connectivity index (χ1n) is 8.18. The van der Waals surface area contributed by atoms with E-state index in [4.69, 9.17) is 0 Å². The summed E-state index contributed by atoms with van der Waals surface area (Å²) in [6.45, 7) is 2.83. The first-order valence-corrected chi connectivity index (χ1v) is 8.18. The van der Waals surface area contributed by atoms with Crippen molar-refractivity contribution in [3.8, 4) is 0 Å². The topological polar surface area (TPSA) is 90.8 Å². The van der Waals surface area contributed by atoms with E-state index in [1.807, 2.05) is 25.1 Å². The van der Waals surface area contributed by atoms with Crippen LogP contribution in [0.15, 0.2) is 24.4 Å². The number of carbonyl (C=O) groups excluding carboxylic acids is 2. The number of nitrogens with zero attached hydrogens (tertiary/aromatic N) is 3. The number of hydrogen-bond acceptors (Lipinski definition) is 4. The first kappa shape index (κ1) is 16.4. The second-order valence-electron chi connectivity index (χ2n) is 6.46. The molecule has 0 aliphatic carbocycles. The number of carbonyl (C=O) groups is 3. The lowest BCUT2D eigenvalue weighted by atomic mass is 9.81. The second-order valence-corrected chi connectivity index (χ2v) is 6.46. The summed E-state index contributed by atoms with van der Waals surface area (Å²) in [5, 5.41) is 9.69. The van der Waals surface area contributed by atoms with Gasteiger partial charge in [0, 0.05) is 44.5 Å². The van der Waals surface area contributed by atoms with E-state index in [0.717, 1.165) is 5.69 Å². The maximum absolute atomic E-state index is 12.5. The molecule has 1 N–H and O–H groups in total. The fourth-order valence-electron chi connectivity index (χ4n) is 3.71. The molecule has 7 nitrogen and oxygen atoms in total. The molecule has 2 aliphatic rings. The van der Waals surface area contributed by atoms with Gasteiger partial charge < -0.3 is 14.9 Å². The number of hydrogen-bond donors (Lipinski definition) is 1. The third-order valence-corrected chi connectivity index (χ3v) is 5.11. The van der Waals surface area contributed by atoms with E-state index in [-0.39, 0.29) is 37.9 Å². The number of aliphatic carboxylic acids is 1. The summed E-state index contributed by atoms with van der Waals surface area (Å²) in [6.07, 6.45) is 2.46. The monoisotopic (exact) mass is 331 g/mol. The molecule has 0 radical (unpaired) electrons. The zero-order chi connectivity index (χ0) is 17.3. The molecule has 0 spiro atoms. The van der Waals surface area contributed by atoms with Gasteiger partial charge >= 0.3 is 5.97 Å². The van der Waals surface area contributed by atoms with Crippen molar-refractivity contribution < 1.29 is 19.5 Å². The van der Waals surface area contributed by atoms with Crippen molar-refractivity contribution in [2.24, 2.45) is 11.3 Å². The summed E-state index contributed by atoms with van der Waals surface area (Å²) in [7, 11) is 0. The number of amides is 2. The molecule has 0 bridgehead atoms. The third-order valence-electron chi connectivity index (χ3n) is 5.11. The molecule has 7 heteroatoms. The molecule has 24 heavy (non-hydrogen) atoms. The van der Waals surface area contributed by atoms with Gasteiger partial charge in [-0.1, -0.05) is 6.07 Å². The maximum atomic E-state index is 12.5. The number of carboxylic acid groups (broad SMARTS) is 1. The molecule has 2 aliphatic heterocycles. The first-order chi connectivity index (χ1) is 11.5. The Morgan fingerprint density at radius 1 is 1.38 bits per heavy atom. The average molecular weight is 331 g/mol. The highest BCUT2D eigenvalue weighted by Crippen LogP contribution is 2.43. The molecule has 2 amide bonds. The Kier molecular flexibility index (Phi) is 4.26. The van der Waals surface area contributed by atoms with Gasteiger partial charge in [-0.25, -0.2) is 0 Å². The minimum atomic E-state index is -1.16. The highest BCUT2D eigenvalue weighted by Gasteiger charge is 2.62. The van der Waals surface area contributed by atoms with Crippen LogP contribution < -0.4 is 0 Å². The van der Waals surface area contributed by atoms with Crippen LogP contribution in [0.2, 0.25) is 0 Å². The van der Waals surface area contributed by atoms with Crippen LogP contribution in [0, 0.1) is 11.3 Å². The van der Waals surface area contributed by atoms with Crippen LogP contribution in [-0.2, 0) is 20.8 Å². The number of carboxylic acids is 1. The number of likely N-dealkylation sites (tertiary alicyclic amines) is 2. The Labute approximate surface area is 140 Å². The van der Waals surface area contributed by atoms with Gasteiger partial charge in [-0.2, -0.15) is 0 Å². The summed E-state index contributed by atoms with van der Waals surface area (Å²) in [4.78, 5) is 44.0. The van der Waals surface area contributed by atoms with Crippen LogP contribution in [0.25, 0.3) is 0 Å². The Morgan fingerprint density at radius 2 is 2.17 bits per heavy atom. The van der Waals surface area contributed by atoms with Crippen molar-refractivity contribution in [2.45, 2.75) is 19.8 Å². The summed E-state index contributed by atoms with van der Waals surface area (Å²) >= 11 is 0. The molecule has 2 saturated heterocycles. The minimum Gasteiger partial charge on any atom is -0.481 e. The summed E-state index contributed by atoms with van der Waals surface area (Å²) < 4.78 is 0. The van der Waals surface area contributed by atoms with Gasteiger partial charge in [-0.3, -0.25) is 19.4 Å². The second kappa shape index (κ2) is 6.22. The average Bonchev–Trinajstić information content (AvgIpc) is 3.10. The van der Waals surface area contributed by atoms with Gasteiger partial charge in [-0.05, 0) is 25.5 Å². The number of aryl methyl sites for hydroxylation is 1. The molecule has 0 unspecified atom stereocenters. The summed E-state index contributed by atoms with van der Waals surface area (Å²) in [6, 6.07) is 5.53. The Bertz CT molecular complexity index is 663. The quantitative estimate of drug-likeness (QED) is 0.844. The lowest BCUT2D eigenvalue weighted by Gasteiger charge is -2.24. The van der Waals surface area contributed by atoms with Crippen LogP contribution in [-0.4, -0.2) is 63.9 Å². The highest BCUT2D eigenvalue weighted by atomic mass is 16.4. The van der Waals surface area contributed by atoms with Crippen LogP contribution >= 0.6 is 0 Å². The van der Waals surface area contributed by atoms with Crippen LogP contribution in [0.1, 0.15) is 19.0 Å². The molecule has 1 aromatic rings. The number of pyridine rings is 1. The van der Waals surface area contributed by atoms with Gasteiger partial charge in [0.05, 0.1) is 5.92 Å². The number of fused-ring (bicyclic) bond motifs is 1. The minimum absolute atomic E-state index is 0.107. The van der Waals surface area contributed by atoms with E-state index >= 15 is 0 Å². The van der Waals surface area contributed by atoms with Gasteiger partial charge in [0.2, 0.25) is 11.8 Å². The molecular formula is C17H21N3O4. The van der Waals surface area contributed by atoms with Crippen molar-refractivity contribution in [2.75, 3.05) is 26.2 Å². The zero-order valence-electron chi connectivity index (χ0n) is 13.6. The summed E-state index contributed by atoms with van der Waals surface area (Å²) in [5.74, 6) is -1.89. The Morgan fingerprint density at radius 3 is 2.75 bits per heavy atom. The molecule has 1 aromatic heterocycles. The molecule has 128 valence electrons. The van der Waals surface area contributed by atoms with Gasteiger partial charge in [0.25, 0.3) is 0 Å². The lowest BCUT2D eigenvalue weighted by Crippen LogP contribution is -2.42. The van der Waals surface area contributed by atoms with E-state index in [1.165, 1.54) is 4.90 Å². The van der Waals surface area contributed by atoms with Crippen LogP contribution in [0.3, 0.4) is 0 Å². The number of rotatable bonds is 5. The van der Waals surface area contributed by atoms with E-state index in [9.17, 15) is 19.5 Å². The highest BCUT2D eigenvalue weighted by molar-refractivity contribution is 5.94. The van der Waals surface area contributed by atoms with Crippen molar-refractivity contribution >= 4 is 17.8 Å². The molecule has 2 atom stereocenters. The fourth-order valence-corrected chi connectivity index (χ4v) is 3.71. The molecule has 0 aromatic carbocycles. The number of aromatic nitrogens is 1. The van der Waals surface area contributed by atoms with Crippen LogP contribution in [0.4, 0.5) is 0 Å². The Hall–Kier alpha value is -2.44. The van der Waals surface area contributed by atoms with Crippen molar-refractivity contribution in [1.82, 2.24) is 14.8 Å². The standard InChI is InChI=1S/C17H21N3O4/c1-2-19-10-17(16(23)24)11-20(9-13(17)15(19)22)14(21)7-6-12-5-3-4-8-18-12/h3-5,8,13H,2,6-7,9-11H2,1H3,(H,23,24)/t13-,17+/m1/s1. The fraction of sp³-hybridized carbons (Fsp3) is 0.529. The maximum Gasteiger partial charge on any atom is 0.314 e. The van der Waals surface area contributed by atoms with Gasteiger partial charge in [0.1, 0.15) is 5.41 Å². The van der Waals surface area contributed by atoms with E-state index < -0.39 is 17.3 Å². The predicted molar refractivity (Wildman–Crippen MR) is 85.0 cm³/mol. The van der Waals surface area contributed by atoms with E-state index in [1.54, 1.807) is 11.1 Å². The molecule has 0 saturated carbocycles. The summed E-state index contributed by atoms with van der Waals surface area (Å²) in [5.41, 5.74) is -0.334. The zero-order valence-corrected chi connectivity index (χ0v) is 13.6. The molecule has 2 fully saturated rings. The SMILES string of the molecule is CCN1C[C@]2(C(=O)O)CN(C(=O)CCc3ccccn3)C[C@@H]2C1=O. The van der Waals surface area contributed by atoms with Crippen molar-refractivity contribution in [1.29, 1.82) is 0 Å². The third kappa shape index (κ3) is 2.64. The van der Waals surface area contributed by atoms with Gasteiger partial charge in [-0.15, -0.1) is 0 Å². The van der Waals surface area contributed by atoms with Crippen LogP contribution in [0.5, 0.6) is 0 Å². The molecular weight excluding hydrogens is 310 g/mol. The Balaban J connectivity index is 1.68. The molecule has 3 heterocycles. The smallest absolute Gasteiger partial charge is 0.314 e. The van der Waals surface area contributed by atoms with Gasteiger partial charge in [0.15, 0.2) is 0 Å². The lowest BCUT2D eigenvalue weighted by molar-refractivity contribution is -0.150. The van der Waals surface area contributed by atoms with E-state index in [0.29, 0.717) is 13.0 Å². The largest absolute Gasteiger partial charge is 0.481 e. The predicted octanol–water partition coefficient (Wildman–Crippen LogP) is 0.406. The molecule has 3 rings (SSSR count). The van der Waals surface area contributed by atoms with Crippen molar-refractivity contribution in [3.63, 3.8) is 0 Å².